The van der Waals surface area contributed by atoms with Crippen molar-refractivity contribution in [3.8, 4) is 11.5 Å². The van der Waals surface area contributed by atoms with Crippen LogP contribution in [0.25, 0.3) is 23.6 Å². The summed E-state index contributed by atoms with van der Waals surface area (Å²) in [4.78, 5) is 0. The lowest BCUT2D eigenvalue weighted by Crippen LogP contribution is -1.76. The minimum Gasteiger partial charge on any atom is -0.417 e. The number of nitrogens with zero attached hydrogens (tertiary/aromatic N) is 2. The number of hydrogen-bond acceptors (Lipinski definition) is 3. The quantitative estimate of drug-likeness (QED) is 0.707. The lowest BCUT2D eigenvalue weighted by molar-refractivity contribution is 0.558. The second-order valence-electron chi connectivity index (χ2n) is 4.20. The third-order valence-corrected chi connectivity index (χ3v) is 3.00. The lowest BCUT2D eigenvalue weighted by Gasteiger charge is -1.93. The Morgan fingerprint density at radius 3 is 2.35 bits per heavy atom. The Morgan fingerprint density at radius 2 is 1.60 bits per heavy atom. The standard InChI is InChI=1S/C16H11ClN2O/c17-14-9-7-13(8-10-14)16-19-18-15(20-16)11-6-12-4-2-1-3-5-12/h1-11H/b11-6+. The zero-order chi connectivity index (χ0) is 13.8. The second kappa shape index (κ2) is 5.72. The Kier molecular flexibility index (Phi) is 3.61. The van der Waals surface area contributed by atoms with Crippen LogP contribution in [0.4, 0.5) is 0 Å². The molecule has 0 amide bonds. The van der Waals surface area contributed by atoms with Crippen LogP contribution in [-0.4, -0.2) is 10.2 Å². The van der Waals surface area contributed by atoms with E-state index in [1.54, 1.807) is 18.2 Å². The van der Waals surface area contributed by atoms with Gasteiger partial charge in [0.05, 0.1) is 0 Å². The molecule has 0 saturated heterocycles. The first-order valence-electron chi connectivity index (χ1n) is 6.14. The molecule has 2 aromatic carbocycles. The summed E-state index contributed by atoms with van der Waals surface area (Å²) >= 11 is 5.84. The van der Waals surface area contributed by atoms with Gasteiger partial charge in [-0.2, -0.15) is 0 Å². The van der Waals surface area contributed by atoms with Crippen molar-refractivity contribution in [3.05, 3.63) is 71.1 Å². The minimum absolute atomic E-state index is 0.471. The molecule has 0 bridgehead atoms. The van der Waals surface area contributed by atoms with Gasteiger partial charge in [0.25, 0.3) is 0 Å². The van der Waals surface area contributed by atoms with Crippen molar-refractivity contribution in [2.45, 2.75) is 0 Å². The summed E-state index contributed by atoms with van der Waals surface area (Å²) in [5.74, 6) is 0.952. The van der Waals surface area contributed by atoms with Crippen molar-refractivity contribution in [1.29, 1.82) is 0 Å². The molecule has 0 spiro atoms. The molecule has 0 saturated carbocycles. The van der Waals surface area contributed by atoms with Crippen molar-refractivity contribution in [1.82, 2.24) is 10.2 Å². The van der Waals surface area contributed by atoms with E-state index in [9.17, 15) is 0 Å². The molecule has 0 radical (unpaired) electrons. The Balaban J connectivity index is 1.80. The number of benzene rings is 2. The molecule has 0 aliphatic heterocycles. The molecule has 1 heterocycles. The van der Waals surface area contributed by atoms with Gasteiger partial charge in [-0.15, -0.1) is 10.2 Å². The summed E-state index contributed by atoms with van der Waals surface area (Å²) < 4.78 is 5.58. The number of halogens is 1. The molecule has 1 aromatic heterocycles. The highest BCUT2D eigenvalue weighted by Gasteiger charge is 2.06. The summed E-state index contributed by atoms with van der Waals surface area (Å²) in [5.41, 5.74) is 1.93. The Hall–Kier alpha value is -2.39. The first kappa shape index (κ1) is 12.6. The fourth-order valence-corrected chi connectivity index (χ4v) is 1.87. The molecule has 0 unspecified atom stereocenters. The van der Waals surface area contributed by atoms with Crippen LogP contribution in [0.3, 0.4) is 0 Å². The molecule has 0 aliphatic carbocycles. The molecule has 4 heteroatoms. The average molecular weight is 283 g/mol. The van der Waals surface area contributed by atoms with E-state index in [0.29, 0.717) is 16.8 Å². The number of aromatic nitrogens is 2. The Bertz CT molecular complexity index is 718. The maximum atomic E-state index is 5.84. The predicted octanol–water partition coefficient (Wildman–Crippen LogP) is 4.56. The van der Waals surface area contributed by atoms with E-state index in [0.717, 1.165) is 11.1 Å². The normalized spacial score (nSPS) is 11.1. The SMILES string of the molecule is Clc1ccc(-c2nnc(/C=C/c3ccccc3)o2)cc1. The van der Waals surface area contributed by atoms with Gasteiger partial charge in [0.15, 0.2) is 0 Å². The summed E-state index contributed by atoms with van der Waals surface area (Å²) in [5, 5.41) is 8.69. The van der Waals surface area contributed by atoms with E-state index in [1.807, 2.05) is 48.5 Å². The lowest BCUT2D eigenvalue weighted by atomic mass is 10.2. The van der Waals surface area contributed by atoms with Crippen LogP contribution < -0.4 is 0 Å². The van der Waals surface area contributed by atoms with Crippen LogP contribution in [0.5, 0.6) is 0 Å². The predicted molar refractivity (Wildman–Crippen MR) is 80.1 cm³/mol. The van der Waals surface area contributed by atoms with E-state index in [-0.39, 0.29) is 0 Å². The fraction of sp³-hybridized carbons (Fsp3) is 0. The zero-order valence-electron chi connectivity index (χ0n) is 10.5. The van der Waals surface area contributed by atoms with E-state index in [4.69, 9.17) is 16.0 Å². The van der Waals surface area contributed by atoms with Crippen LogP contribution in [-0.2, 0) is 0 Å². The van der Waals surface area contributed by atoms with Crippen molar-refractivity contribution in [2.24, 2.45) is 0 Å². The number of hydrogen-bond donors (Lipinski definition) is 0. The summed E-state index contributed by atoms with van der Waals surface area (Å²) in [6, 6.07) is 17.2. The van der Waals surface area contributed by atoms with Gasteiger partial charge in [0, 0.05) is 16.7 Å². The van der Waals surface area contributed by atoms with Crippen molar-refractivity contribution < 1.29 is 4.42 Å². The molecule has 0 fully saturated rings. The first-order chi connectivity index (χ1) is 9.81. The molecule has 3 nitrogen and oxygen atoms in total. The highest BCUT2D eigenvalue weighted by Crippen LogP contribution is 2.20. The highest BCUT2D eigenvalue weighted by molar-refractivity contribution is 6.30. The highest BCUT2D eigenvalue weighted by atomic mass is 35.5. The zero-order valence-corrected chi connectivity index (χ0v) is 11.3. The van der Waals surface area contributed by atoms with Crippen LogP contribution in [0.15, 0.2) is 59.0 Å². The number of rotatable bonds is 3. The minimum atomic E-state index is 0.471. The van der Waals surface area contributed by atoms with Gasteiger partial charge in [-0.25, -0.2) is 0 Å². The van der Waals surface area contributed by atoms with Gasteiger partial charge in [0.1, 0.15) is 0 Å². The molecule has 3 aromatic rings. The van der Waals surface area contributed by atoms with Gasteiger partial charge in [-0.3, -0.25) is 0 Å². The molecular weight excluding hydrogens is 272 g/mol. The fourth-order valence-electron chi connectivity index (χ4n) is 1.74. The maximum Gasteiger partial charge on any atom is 0.248 e. The summed E-state index contributed by atoms with van der Waals surface area (Å²) in [7, 11) is 0. The molecule has 0 atom stereocenters. The van der Waals surface area contributed by atoms with Crippen LogP contribution in [0.1, 0.15) is 11.5 Å². The molecule has 0 aliphatic rings. The Labute approximate surface area is 121 Å². The molecule has 3 rings (SSSR count). The topological polar surface area (TPSA) is 38.9 Å². The van der Waals surface area contributed by atoms with Crippen LogP contribution in [0.2, 0.25) is 5.02 Å². The van der Waals surface area contributed by atoms with Crippen molar-refractivity contribution >= 4 is 23.8 Å². The average Bonchev–Trinajstić information content (AvgIpc) is 2.96. The van der Waals surface area contributed by atoms with Gasteiger partial charge in [-0.1, -0.05) is 41.9 Å². The third-order valence-electron chi connectivity index (χ3n) is 2.75. The van der Waals surface area contributed by atoms with Crippen LogP contribution in [0, 0.1) is 0 Å². The van der Waals surface area contributed by atoms with Crippen molar-refractivity contribution in [2.75, 3.05) is 0 Å². The maximum absolute atomic E-state index is 5.84. The van der Waals surface area contributed by atoms with Gasteiger partial charge >= 0.3 is 0 Å². The largest absolute Gasteiger partial charge is 0.417 e. The summed E-state index contributed by atoms with van der Waals surface area (Å²) in [6.45, 7) is 0. The Morgan fingerprint density at radius 1 is 0.850 bits per heavy atom. The summed E-state index contributed by atoms with van der Waals surface area (Å²) in [6.07, 6.45) is 3.72. The van der Waals surface area contributed by atoms with Crippen LogP contribution >= 0.6 is 11.6 Å². The molecule has 20 heavy (non-hydrogen) atoms. The molecular formula is C16H11ClN2O. The molecule has 0 N–H and O–H groups in total. The molecule has 98 valence electrons. The van der Waals surface area contributed by atoms with E-state index in [2.05, 4.69) is 10.2 Å². The second-order valence-corrected chi connectivity index (χ2v) is 4.63. The van der Waals surface area contributed by atoms with Crippen molar-refractivity contribution in [3.63, 3.8) is 0 Å². The van der Waals surface area contributed by atoms with E-state index in [1.165, 1.54) is 0 Å². The van der Waals surface area contributed by atoms with Gasteiger partial charge < -0.3 is 4.42 Å². The van der Waals surface area contributed by atoms with Gasteiger partial charge in [0.2, 0.25) is 11.8 Å². The van der Waals surface area contributed by atoms with E-state index >= 15 is 0 Å². The monoisotopic (exact) mass is 282 g/mol. The first-order valence-corrected chi connectivity index (χ1v) is 6.52. The van der Waals surface area contributed by atoms with Gasteiger partial charge in [-0.05, 0) is 35.9 Å². The smallest absolute Gasteiger partial charge is 0.248 e. The van der Waals surface area contributed by atoms with E-state index < -0.39 is 0 Å². The third kappa shape index (κ3) is 2.95.